The second-order valence-electron chi connectivity index (χ2n) is 7.41. The molecule has 2 aliphatic rings. The highest BCUT2D eigenvalue weighted by molar-refractivity contribution is 7.89. The molecule has 5 nitrogen and oxygen atoms in total. The second kappa shape index (κ2) is 7.76. The van der Waals surface area contributed by atoms with Crippen LogP contribution in [0.4, 0.5) is 0 Å². The summed E-state index contributed by atoms with van der Waals surface area (Å²) in [6.45, 7) is 3.37. The van der Waals surface area contributed by atoms with Crippen LogP contribution in [0.25, 0.3) is 0 Å². The summed E-state index contributed by atoms with van der Waals surface area (Å²) in [5.41, 5.74) is 0. The Morgan fingerprint density at radius 1 is 1.16 bits per heavy atom. The van der Waals surface area contributed by atoms with Crippen molar-refractivity contribution in [2.45, 2.75) is 62.8 Å². The molecule has 0 radical (unpaired) electrons. The lowest BCUT2D eigenvalue weighted by molar-refractivity contribution is 0.0680. The fraction of sp³-hybridized carbons (Fsp3) is 0.722. The molecule has 0 aromatic carbocycles. The van der Waals surface area contributed by atoms with E-state index >= 15 is 0 Å². The van der Waals surface area contributed by atoms with Crippen molar-refractivity contribution in [1.29, 1.82) is 0 Å². The molecule has 3 rings (SSSR count). The smallest absolute Gasteiger partial charge is 0.265 e. The third-order valence-electron chi connectivity index (χ3n) is 5.61. The van der Waals surface area contributed by atoms with Crippen molar-refractivity contribution in [3.63, 3.8) is 0 Å². The Morgan fingerprint density at radius 3 is 2.44 bits per heavy atom. The van der Waals surface area contributed by atoms with Crippen LogP contribution in [0.15, 0.2) is 16.3 Å². The molecular formula is C18H28N2O3S2. The van der Waals surface area contributed by atoms with Crippen LogP contribution in [0.1, 0.15) is 61.5 Å². The number of sulfonamides is 1. The molecule has 140 valence electrons. The van der Waals surface area contributed by atoms with Gasteiger partial charge in [0.25, 0.3) is 5.91 Å². The van der Waals surface area contributed by atoms with Gasteiger partial charge in [0, 0.05) is 26.2 Å². The van der Waals surface area contributed by atoms with Gasteiger partial charge in [0.1, 0.15) is 9.77 Å². The van der Waals surface area contributed by atoms with Crippen molar-refractivity contribution in [1.82, 2.24) is 9.21 Å². The molecule has 25 heavy (non-hydrogen) atoms. The van der Waals surface area contributed by atoms with Gasteiger partial charge in [-0.3, -0.25) is 4.79 Å². The van der Waals surface area contributed by atoms with E-state index in [-0.39, 0.29) is 16.8 Å². The predicted molar refractivity (Wildman–Crippen MR) is 100 cm³/mol. The Kier molecular flexibility index (Phi) is 5.85. The highest BCUT2D eigenvalue weighted by atomic mass is 32.2. The molecule has 1 aliphatic carbocycles. The zero-order chi connectivity index (χ0) is 18.0. The van der Waals surface area contributed by atoms with E-state index < -0.39 is 10.0 Å². The van der Waals surface area contributed by atoms with Crippen LogP contribution in [0.5, 0.6) is 0 Å². The largest absolute Gasteiger partial charge is 0.338 e. The lowest BCUT2D eigenvalue weighted by atomic mass is 9.87. The van der Waals surface area contributed by atoms with Gasteiger partial charge >= 0.3 is 0 Å². The fourth-order valence-electron chi connectivity index (χ4n) is 3.86. The number of carbonyl (C=O) groups is 1. The maximum atomic E-state index is 13.0. The maximum Gasteiger partial charge on any atom is 0.265 e. The van der Waals surface area contributed by atoms with Gasteiger partial charge in [-0.1, -0.05) is 13.3 Å². The van der Waals surface area contributed by atoms with E-state index in [2.05, 4.69) is 6.92 Å². The van der Waals surface area contributed by atoms with E-state index in [0.29, 0.717) is 18.0 Å². The molecule has 1 aromatic rings. The third kappa shape index (κ3) is 3.93. The highest BCUT2D eigenvalue weighted by Gasteiger charge is 2.33. The summed E-state index contributed by atoms with van der Waals surface area (Å²) in [6, 6.07) is 1.81. The van der Waals surface area contributed by atoms with Crippen LogP contribution in [-0.2, 0) is 10.0 Å². The van der Waals surface area contributed by atoms with Crippen molar-refractivity contribution in [3.8, 4) is 0 Å². The monoisotopic (exact) mass is 384 g/mol. The van der Waals surface area contributed by atoms with Gasteiger partial charge in [-0.25, -0.2) is 8.42 Å². The average Bonchev–Trinajstić information content (AvgIpc) is 3.12. The molecule has 0 spiro atoms. The van der Waals surface area contributed by atoms with Crippen LogP contribution >= 0.6 is 11.3 Å². The summed E-state index contributed by atoms with van der Waals surface area (Å²) in [4.78, 5) is 15.3. The van der Waals surface area contributed by atoms with Crippen LogP contribution in [-0.4, -0.2) is 49.7 Å². The molecule has 2 fully saturated rings. The maximum absolute atomic E-state index is 13.0. The Hall–Kier alpha value is -0.920. The standard InChI is InChI=1S/C18H28N2O3S2/c1-14-6-8-15(9-7-14)19(2)18(21)17-16(10-13-24-17)25(22,23)20-11-4-3-5-12-20/h10,13-15H,3-9,11-12H2,1-2H3. The number of carbonyl (C=O) groups excluding carboxylic acids is 1. The van der Waals surface area contributed by atoms with E-state index in [1.54, 1.807) is 16.3 Å². The topological polar surface area (TPSA) is 57.7 Å². The van der Waals surface area contributed by atoms with Crippen LogP contribution in [0.3, 0.4) is 0 Å². The second-order valence-corrected chi connectivity index (χ2v) is 10.2. The van der Waals surface area contributed by atoms with E-state index in [0.717, 1.165) is 50.9 Å². The van der Waals surface area contributed by atoms with Gasteiger partial charge in [-0.15, -0.1) is 11.3 Å². The van der Waals surface area contributed by atoms with Crippen LogP contribution in [0.2, 0.25) is 0 Å². The molecule has 1 amide bonds. The third-order valence-corrected chi connectivity index (χ3v) is 8.58. The summed E-state index contributed by atoms with van der Waals surface area (Å²) in [5, 5.41) is 1.72. The van der Waals surface area contributed by atoms with E-state index in [4.69, 9.17) is 0 Å². The zero-order valence-corrected chi connectivity index (χ0v) is 16.7. The van der Waals surface area contributed by atoms with Crippen molar-refractivity contribution in [2.75, 3.05) is 20.1 Å². The summed E-state index contributed by atoms with van der Waals surface area (Å²) < 4.78 is 27.5. The SMILES string of the molecule is CC1CCC(N(C)C(=O)c2sccc2S(=O)(=O)N2CCCCC2)CC1. The van der Waals surface area contributed by atoms with Gasteiger partial charge in [0.15, 0.2) is 0 Å². The lowest BCUT2D eigenvalue weighted by Gasteiger charge is -2.33. The normalized spacial score (nSPS) is 25.7. The van der Waals surface area contributed by atoms with Crippen molar-refractivity contribution >= 4 is 27.3 Å². The van der Waals surface area contributed by atoms with Crippen molar-refractivity contribution in [2.24, 2.45) is 5.92 Å². The molecule has 0 N–H and O–H groups in total. The Balaban J connectivity index is 1.79. The summed E-state index contributed by atoms with van der Waals surface area (Å²) >= 11 is 1.24. The van der Waals surface area contributed by atoms with Crippen molar-refractivity contribution in [3.05, 3.63) is 16.3 Å². The van der Waals surface area contributed by atoms with Gasteiger partial charge in [0.2, 0.25) is 10.0 Å². The van der Waals surface area contributed by atoms with Gasteiger partial charge in [-0.2, -0.15) is 4.31 Å². The van der Waals surface area contributed by atoms with E-state index in [1.165, 1.54) is 15.6 Å². The number of nitrogens with zero attached hydrogens (tertiary/aromatic N) is 2. The highest BCUT2D eigenvalue weighted by Crippen LogP contribution is 2.31. The lowest BCUT2D eigenvalue weighted by Crippen LogP contribution is -2.40. The van der Waals surface area contributed by atoms with Gasteiger partial charge in [0.05, 0.1) is 0 Å². The first-order valence-corrected chi connectivity index (χ1v) is 11.6. The number of hydrogen-bond acceptors (Lipinski definition) is 4. The summed E-state index contributed by atoms with van der Waals surface area (Å²) in [5.74, 6) is 0.571. The molecule has 1 aliphatic heterocycles. The number of thiophene rings is 1. The number of amides is 1. The Bertz CT molecular complexity index is 700. The van der Waals surface area contributed by atoms with E-state index in [1.807, 2.05) is 7.05 Å². The Morgan fingerprint density at radius 2 is 1.80 bits per heavy atom. The molecule has 0 atom stereocenters. The first-order valence-electron chi connectivity index (χ1n) is 9.26. The Labute approximate surface area is 155 Å². The molecule has 1 saturated carbocycles. The predicted octanol–water partition coefficient (Wildman–Crippen LogP) is 3.57. The first kappa shape index (κ1) is 18.9. The van der Waals surface area contributed by atoms with Gasteiger partial charge < -0.3 is 4.90 Å². The summed E-state index contributed by atoms with van der Waals surface area (Å²) in [7, 11) is -1.75. The number of hydrogen-bond donors (Lipinski definition) is 0. The van der Waals surface area contributed by atoms with Crippen LogP contribution in [0, 0.1) is 5.92 Å². The number of piperidine rings is 1. The minimum atomic E-state index is -3.57. The zero-order valence-electron chi connectivity index (χ0n) is 15.1. The number of rotatable bonds is 4. The molecular weight excluding hydrogens is 356 g/mol. The molecule has 7 heteroatoms. The minimum absolute atomic E-state index is 0.148. The minimum Gasteiger partial charge on any atom is -0.338 e. The molecule has 2 heterocycles. The molecule has 0 unspecified atom stereocenters. The summed E-state index contributed by atoms with van der Waals surface area (Å²) in [6.07, 6.45) is 7.13. The molecule has 1 aromatic heterocycles. The molecule has 0 bridgehead atoms. The van der Waals surface area contributed by atoms with Gasteiger partial charge in [-0.05, 0) is 55.9 Å². The molecule has 1 saturated heterocycles. The first-order chi connectivity index (χ1) is 11.9. The van der Waals surface area contributed by atoms with Crippen molar-refractivity contribution < 1.29 is 13.2 Å². The fourth-order valence-corrected chi connectivity index (χ4v) is 6.75. The quantitative estimate of drug-likeness (QED) is 0.797. The van der Waals surface area contributed by atoms with E-state index in [9.17, 15) is 13.2 Å². The van der Waals surface area contributed by atoms with Crippen LogP contribution < -0.4 is 0 Å². The average molecular weight is 385 g/mol.